The fraction of sp³-hybridized carbons (Fsp3) is 0. The Labute approximate surface area is 491 Å². The lowest BCUT2D eigenvalue weighted by Crippen LogP contribution is -2.11. The highest BCUT2D eigenvalue weighted by Crippen LogP contribution is 2.45. The minimum absolute atomic E-state index is 0.807. The molecular weight excluding hydrogens is 1020 g/mol. The van der Waals surface area contributed by atoms with E-state index >= 15 is 0 Å². The summed E-state index contributed by atoms with van der Waals surface area (Å²) in [5.41, 5.74) is 25.4. The lowest BCUT2D eigenvalue weighted by molar-refractivity contribution is 1.26. The van der Waals surface area contributed by atoms with E-state index in [1.54, 1.807) is 0 Å². The van der Waals surface area contributed by atoms with Crippen LogP contribution in [-0.4, -0.2) is 9.97 Å². The number of anilines is 6. The number of rotatable bonds is 14. The van der Waals surface area contributed by atoms with Crippen molar-refractivity contribution in [2.45, 2.75) is 0 Å². The number of hydrogen-bond donors (Lipinski definition) is 0. The summed E-state index contributed by atoms with van der Waals surface area (Å²) in [6.07, 6.45) is 0. The molecule has 0 spiro atoms. The van der Waals surface area contributed by atoms with Gasteiger partial charge in [-0.1, -0.05) is 255 Å². The van der Waals surface area contributed by atoms with Crippen LogP contribution in [0.2, 0.25) is 0 Å². The standard InChI is InChI=1S/C80H56N4/c1-5-21-57(22-6-1)61-39-47-69(48-40-61)83(77-37-17-13-33-73(77)67-31-19-29-65(55-67)59-25-9-3-10-26-59)71-51-43-63(44-52-71)79-80(82-76-36-16-15-35-75(76)81-79)64-45-53-72(54-46-64)84(70-49-41-62(42-50-70)58-23-7-2-8-24-58)78-38-18-14-34-74(78)68-32-20-30-66(56-68)60-27-11-4-12-28-60/h1-56H. The summed E-state index contributed by atoms with van der Waals surface area (Å²) in [6.45, 7) is 0. The van der Waals surface area contributed by atoms with Gasteiger partial charge in [-0.2, -0.15) is 0 Å². The van der Waals surface area contributed by atoms with Gasteiger partial charge in [-0.25, -0.2) is 9.97 Å². The van der Waals surface area contributed by atoms with Crippen LogP contribution in [-0.2, 0) is 0 Å². The summed E-state index contributed by atoms with van der Waals surface area (Å²) >= 11 is 0. The van der Waals surface area contributed by atoms with E-state index in [2.05, 4.69) is 325 Å². The number of hydrogen-bond acceptors (Lipinski definition) is 4. The normalized spacial score (nSPS) is 11.1. The highest BCUT2D eigenvalue weighted by Gasteiger charge is 2.22. The summed E-state index contributed by atoms with van der Waals surface area (Å²) in [5.74, 6) is 0. The Morgan fingerprint density at radius 3 is 0.774 bits per heavy atom. The molecule has 4 heteroatoms. The van der Waals surface area contributed by atoms with Gasteiger partial charge in [0.25, 0.3) is 0 Å². The average molecular weight is 1070 g/mol. The minimum atomic E-state index is 0.807. The van der Waals surface area contributed by atoms with Gasteiger partial charge in [0.15, 0.2) is 0 Å². The largest absolute Gasteiger partial charge is 0.310 e. The maximum Gasteiger partial charge on any atom is 0.0973 e. The van der Waals surface area contributed by atoms with E-state index in [-0.39, 0.29) is 0 Å². The van der Waals surface area contributed by atoms with E-state index in [0.29, 0.717) is 0 Å². The van der Waals surface area contributed by atoms with Crippen LogP contribution in [0.15, 0.2) is 340 Å². The number of benzene rings is 13. The number of aromatic nitrogens is 2. The van der Waals surface area contributed by atoms with Crippen molar-refractivity contribution in [1.82, 2.24) is 9.97 Å². The van der Waals surface area contributed by atoms with Crippen molar-refractivity contribution in [3.63, 3.8) is 0 Å². The zero-order valence-corrected chi connectivity index (χ0v) is 46.1. The monoisotopic (exact) mass is 1070 g/mol. The van der Waals surface area contributed by atoms with Crippen molar-refractivity contribution in [1.29, 1.82) is 0 Å². The summed E-state index contributed by atoms with van der Waals surface area (Å²) in [5, 5.41) is 0. The Morgan fingerprint density at radius 2 is 0.429 bits per heavy atom. The molecule has 0 aliphatic rings. The third kappa shape index (κ3) is 10.4. The van der Waals surface area contributed by atoms with Gasteiger partial charge in [0.2, 0.25) is 0 Å². The third-order valence-electron chi connectivity index (χ3n) is 15.7. The molecule has 0 aliphatic heterocycles. The average Bonchev–Trinajstić information content (AvgIpc) is 3.18. The molecule has 4 nitrogen and oxygen atoms in total. The zero-order valence-electron chi connectivity index (χ0n) is 46.1. The molecule has 1 heterocycles. The molecule has 396 valence electrons. The summed E-state index contributed by atoms with van der Waals surface area (Å²) in [6, 6.07) is 121. The molecule has 13 aromatic carbocycles. The first-order valence-corrected chi connectivity index (χ1v) is 28.5. The number of nitrogens with zero attached hydrogens (tertiary/aromatic N) is 4. The first-order valence-electron chi connectivity index (χ1n) is 28.5. The van der Waals surface area contributed by atoms with E-state index in [1.165, 1.54) is 33.4 Å². The Hall–Kier alpha value is -11.2. The van der Waals surface area contributed by atoms with Gasteiger partial charge in [0, 0.05) is 45.0 Å². The van der Waals surface area contributed by atoms with Gasteiger partial charge in [0.1, 0.15) is 0 Å². The molecule has 0 radical (unpaired) electrons. The highest BCUT2D eigenvalue weighted by atomic mass is 15.1. The Bertz CT molecular complexity index is 4250. The molecule has 0 saturated carbocycles. The predicted octanol–water partition coefficient (Wildman–Crippen LogP) is 21.9. The van der Waals surface area contributed by atoms with Crippen molar-refractivity contribution in [3.05, 3.63) is 340 Å². The van der Waals surface area contributed by atoms with E-state index < -0.39 is 0 Å². The predicted molar refractivity (Wildman–Crippen MR) is 352 cm³/mol. The highest BCUT2D eigenvalue weighted by molar-refractivity contribution is 5.94. The quantitative estimate of drug-likeness (QED) is 0.109. The molecule has 14 aromatic rings. The van der Waals surface area contributed by atoms with Crippen LogP contribution >= 0.6 is 0 Å². The van der Waals surface area contributed by atoms with Crippen molar-refractivity contribution in [2.24, 2.45) is 0 Å². The van der Waals surface area contributed by atoms with Crippen LogP contribution in [0.3, 0.4) is 0 Å². The van der Waals surface area contributed by atoms with Gasteiger partial charge in [-0.15, -0.1) is 0 Å². The molecule has 0 unspecified atom stereocenters. The molecular formula is C80H56N4. The summed E-state index contributed by atoms with van der Waals surface area (Å²) in [7, 11) is 0. The molecule has 1 aromatic heterocycles. The zero-order chi connectivity index (χ0) is 56.0. The van der Waals surface area contributed by atoms with Crippen molar-refractivity contribution < 1.29 is 0 Å². The maximum absolute atomic E-state index is 5.41. The van der Waals surface area contributed by atoms with Gasteiger partial charge in [-0.05, 0) is 141 Å². The second-order valence-electron chi connectivity index (χ2n) is 20.9. The Morgan fingerprint density at radius 1 is 0.179 bits per heavy atom. The Kier molecular flexibility index (Phi) is 14.0. The van der Waals surface area contributed by atoms with E-state index in [4.69, 9.17) is 9.97 Å². The van der Waals surface area contributed by atoms with Crippen molar-refractivity contribution in [2.75, 3.05) is 9.80 Å². The Balaban J connectivity index is 0.859. The molecule has 0 saturated heterocycles. The van der Waals surface area contributed by atoms with Crippen molar-refractivity contribution in [3.8, 4) is 89.3 Å². The minimum Gasteiger partial charge on any atom is -0.310 e. The second kappa shape index (κ2) is 23.1. The van der Waals surface area contributed by atoms with Gasteiger partial charge < -0.3 is 9.80 Å². The van der Waals surface area contributed by atoms with E-state index in [0.717, 1.165) is 101 Å². The summed E-state index contributed by atoms with van der Waals surface area (Å²) in [4.78, 5) is 15.6. The van der Waals surface area contributed by atoms with Crippen LogP contribution in [0, 0.1) is 0 Å². The van der Waals surface area contributed by atoms with Crippen LogP contribution in [0.5, 0.6) is 0 Å². The smallest absolute Gasteiger partial charge is 0.0973 e. The second-order valence-corrected chi connectivity index (χ2v) is 20.9. The topological polar surface area (TPSA) is 32.3 Å². The van der Waals surface area contributed by atoms with Crippen LogP contribution < -0.4 is 9.80 Å². The lowest BCUT2D eigenvalue weighted by Gasteiger charge is -2.28. The van der Waals surface area contributed by atoms with Gasteiger partial charge >= 0.3 is 0 Å². The molecule has 0 aliphatic carbocycles. The summed E-state index contributed by atoms with van der Waals surface area (Å²) < 4.78 is 0. The third-order valence-corrected chi connectivity index (χ3v) is 15.7. The molecule has 0 fully saturated rings. The van der Waals surface area contributed by atoms with Crippen LogP contribution in [0.1, 0.15) is 0 Å². The first kappa shape index (κ1) is 51.0. The number of fused-ring (bicyclic) bond motifs is 1. The molecule has 84 heavy (non-hydrogen) atoms. The maximum atomic E-state index is 5.41. The number of para-hydroxylation sites is 4. The van der Waals surface area contributed by atoms with Crippen molar-refractivity contribution >= 4 is 45.2 Å². The van der Waals surface area contributed by atoms with Crippen LogP contribution in [0.4, 0.5) is 34.1 Å². The SMILES string of the molecule is c1ccc(-c2ccc(N(c3ccc(-c4nc5ccccc5nc4-c4ccc(N(c5ccc(-c6ccccc6)cc5)c5ccccc5-c5cccc(-c6ccccc6)c5)cc4)cc3)c3ccccc3-c3cccc(-c4ccccc4)c3)cc2)cc1. The molecule has 0 amide bonds. The van der Waals surface area contributed by atoms with Gasteiger partial charge in [-0.3, -0.25) is 0 Å². The molecule has 0 atom stereocenters. The molecule has 14 rings (SSSR count). The molecule has 0 N–H and O–H groups in total. The lowest BCUT2D eigenvalue weighted by atomic mass is 9.96. The fourth-order valence-corrected chi connectivity index (χ4v) is 11.5. The van der Waals surface area contributed by atoms with E-state index in [1.807, 2.05) is 24.3 Å². The van der Waals surface area contributed by atoms with Crippen LogP contribution in [0.25, 0.3) is 100 Å². The van der Waals surface area contributed by atoms with E-state index in [9.17, 15) is 0 Å². The first-order chi connectivity index (χ1) is 41.6. The molecule has 0 bridgehead atoms. The van der Waals surface area contributed by atoms with Gasteiger partial charge in [0.05, 0.1) is 33.8 Å². The fourth-order valence-electron chi connectivity index (χ4n) is 11.5.